The van der Waals surface area contributed by atoms with Gasteiger partial charge in [-0.15, -0.1) is 0 Å². The van der Waals surface area contributed by atoms with Crippen LogP contribution in [0.2, 0.25) is 0 Å². The van der Waals surface area contributed by atoms with Crippen LogP contribution in [0.3, 0.4) is 0 Å². The third-order valence-electron chi connectivity index (χ3n) is 2.88. The van der Waals surface area contributed by atoms with Crippen LogP contribution in [0.25, 0.3) is 0 Å². The number of nitrogens with two attached hydrogens (primary N) is 1. The molecule has 0 bridgehead atoms. The number of nitrogens with one attached hydrogen (secondary N) is 1. The molecule has 1 rings (SSSR count). The Labute approximate surface area is 108 Å². The molecule has 1 aromatic rings. The number of aryl methyl sites for hydroxylation is 2. The van der Waals surface area contributed by atoms with E-state index in [0.29, 0.717) is 0 Å². The molecule has 0 unspecified atom stereocenters. The minimum Gasteiger partial charge on any atom is -0.388 e. The van der Waals surface area contributed by atoms with Crippen LogP contribution in [-0.2, 0) is 10.0 Å². The zero-order valence-electron chi connectivity index (χ0n) is 10.9. The standard InChI is InChI=1S/C12H19N3O2S/c1-9-4-5-11(8-10(9)2)18(16,17)15(3)7-6-12(13)14/h4-5,8H,6-7H2,1-3H3,(H3,13,14). The van der Waals surface area contributed by atoms with Gasteiger partial charge in [-0.2, -0.15) is 0 Å². The van der Waals surface area contributed by atoms with E-state index in [2.05, 4.69) is 0 Å². The van der Waals surface area contributed by atoms with Crippen molar-refractivity contribution in [2.24, 2.45) is 5.73 Å². The Morgan fingerprint density at radius 1 is 1.33 bits per heavy atom. The summed E-state index contributed by atoms with van der Waals surface area (Å²) in [4.78, 5) is 0.275. The zero-order valence-corrected chi connectivity index (χ0v) is 11.7. The lowest BCUT2D eigenvalue weighted by Crippen LogP contribution is -2.30. The van der Waals surface area contributed by atoms with E-state index in [1.165, 1.54) is 11.4 Å². The van der Waals surface area contributed by atoms with Crippen molar-refractivity contribution in [3.05, 3.63) is 29.3 Å². The molecule has 18 heavy (non-hydrogen) atoms. The molecule has 6 heteroatoms. The van der Waals surface area contributed by atoms with Crippen molar-refractivity contribution < 1.29 is 8.42 Å². The predicted molar refractivity (Wildman–Crippen MR) is 72.3 cm³/mol. The molecule has 0 saturated carbocycles. The maximum atomic E-state index is 12.2. The zero-order chi connectivity index (χ0) is 13.9. The summed E-state index contributed by atoms with van der Waals surface area (Å²) in [6, 6.07) is 5.05. The highest BCUT2D eigenvalue weighted by Crippen LogP contribution is 2.18. The quantitative estimate of drug-likeness (QED) is 0.623. The number of nitrogens with zero attached hydrogens (tertiary/aromatic N) is 1. The van der Waals surface area contributed by atoms with Crippen LogP contribution in [0.1, 0.15) is 17.5 Å². The minimum atomic E-state index is -3.49. The van der Waals surface area contributed by atoms with Crippen molar-refractivity contribution in [2.45, 2.75) is 25.2 Å². The first-order chi connectivity index (χ1) is 8.25. The summed E-state index contributed by atoms with van der Waals surface area (Å²) in [5.41, 5.74) is 7.23. The minimum absolute atomic E-state index is 0.0165. The molecular weight excluding hydrogens is 250 g/mol. The molecule has 0 heterocycles. The highest BCUT2D eigenvalue weighted by atomic mass is 32.2. The molecule has 0 fully saturated rings. The molecule has 0 aliphatic carbocycles. The van der Waals surface area contributed by atoms with E-state index in [9.17, 15) is 8.42 Å². The van der Waals surface area contributed by atoms with E-state index in [4.69, 9.17) is 11.1 Å². The highest BCUT2D eigenvalue weighted by molar-refractivity contribution is 7.89. The van der Waals surface area contributed by atoms with Crippen LogP contribution < -0.4 is 5.73 Å². The van der Waals surface area contributed by atoms with Crippen LogP contribution in [0.15, 0.2) is 23.1 Å². The molecule has 0 amide bonds. The largest absolute Gasteiger partial charge is 0.388 e. The molecule has 5 nitrogen and oxygen atoms in total. The molecule has 0 saturated heterocycles. The Hall–Kier alpha value is -1.40. The molecule has 0 spiro atoms. The van der Waals surface area contributed by atoms with Gasteiger partial charge < -0.3 is 5.73 Å². The van der Waals surface area contributed by atoms with Gasteiger partial charge in [0.2, 0.25) is 10.0 Å². The van der Waals surface area contributed by atoms with Crippen molar-refractivity contribution in [1.29, 1.82) is 5.41 Å². The van der Waals surface area contributed by atoms with Crippen molar-refractivity contribution >= 4 is 15.9 Å². The van der Waals surface area contributed by atoms with Crippen LogP contribution in [0.4, 0.5) is 0 Å². The SMILES string of the molecule is Cc1ccc(S(=O)(=O)N(C)CCC(=N)N)cc1C. The second kappa shape index (κ2) is 5.49. The van der Waals surface area contributed by atoms with Crippen molar-refractivity contribution in [1.82, 2.24) is 4.31 Å². The van der Waals surface area contributed by atoms with Gasteiger partial charge in [0.1, 0.15) is 0 Å². The fourth-order valence-electron chi connectivity index (χ4n) is 1.45. The Morgan fingerprint density at radius 2 is 1.94 bits per heavy atom. The van der Waals surface area contributed by atoms with Gasteiger partial charge >= 0.3 is 0 Å². The third kappa shape index (κ3) is 3.30. The molecule has 0 aliphatic rings. The Morgan fingerprint density at radius 3 is 2.44 bits per heavy atom. The lowest BCUT2D eigenvalue weighted by molar-refractivity contribution is 0.478. The summed E-state index contributed by atoms with van der Waals surface area (Å²) < 4.78 is 25.7. The van der Waals surface area contributed by atoms with Gasteiger partial charge in [0.05, 0.1) is 10.7 Å². The topological polar surface area (TPSA) is 87.2 Å². The van der Waals surface area contributed by atoms with Crippen LogP contribution >= 0.6 is 0 Å². The lowest BCUT2D eigenvalue weighted by Gasteiger charge is -2.17. The summed E-state index contributed by atoms with van der Waals surface area (Å²) >= 11 is 0. The summed E-state index contributed by atoms with van der Waals surface area (Å²) in [6.07, 6.45) is 0.237. The normalized spacial score (nSPS) is 11.8. The van der Waals surface area contributed by atoms with Gasteiger partial charge in [0.15, 0.2) is 0 Å². The van der Waals surface area contributed by atoms with Crippen LogP contribution in [-0.4, -0.2) is 32.2 Å². The highest BCUT2D eigenvalue weighted by Gasteiger charge is 2.20. The average molecular weight is 269 g/mol. The molecule has 0 aromatic heterocycles. The molecule has 0 atom stereocenters. The van der Waals surface area contributed by atoms with Crippen LogP contribution in [0.5, 0.6) is 0 Å². The third-order valence-corrected chi connectivity index (χ3v) is 4.74. The molecular formula is C12H19N3O2S. The monoisotopic (exact) mass is 269 g/mol. The summed E-state index contributed by atoms with van der Waals surface area (Å²) in [6.45, 7) is 4.03. The Balaban J connectivity index is 2.98. The van der Waals surface area contributed by atoms with Gasteiger partial charge in [-0.1, -0.05) is 6.07 Å². The number of hydrogen-bond acceptors (Lipinski definition) is 3. The fraction of sp³-hybridized carbons (Fsp3) is 0.417. The van der Waals surface area contributed by atoms with E-state index in [-0.39, 0.29) is 23.7 Å². The van der Waals surface area contributed by atoms with Gasteiger partial charge in [0, 0.05) is 20.0 Å². The summed E-state index contributed by atoms with van der Waals surface area (Å²) in [5.74, 6) is -0.0165. The molecule has 0 radical (unpaired) electrons. The molecule has 3 N–H and O–H groups in total. The summed E-state index contributed by atoms with van der Waals surface area (Å²) in [7, 11) is -2.00. The lowest BCUT2D eigenvalue weighted by atomic mass is 10.1. The summed E-state index contributed by atoms with van der Waals surface area (Å²) in [5, 5.41) is 7.12. The average Bonchev–Trinajstić information content (AvgIpc) is 2.29. The van der Waals surface area contributed by atoms with E-state index in [1.807, 2.05) is 13.8 Å². The smallest absolute Gasteiger partial charge is 0.242 e. The molecule has 0 aliphatic heterocycles. The van der Waals surface area contributed by atoms with E-state index in [1.54, 1.807) is 18.2 Å². The predicted octanol–water partition coefficient (Wildman–Crippen LogP) is 1.25. The van der Waals surface area contributed by atoms with Crippen molar-refractivity contribution in [2.75, 3.05) is 13.6 Å². The van der Waals surface area contributed by atoms with E-state index in [0.717, 1.165) is 11.1 Å². The maximum absolute atomic E-state index is 12.2. The van der Waals surface area contributed by atoms with Gasteiger partial charge in [-0.25, -0.2) is 12.7 Å². The number of rotatable bonds is 5. The maximum Gasteiger partial charge on any atom is 0.242 e. The first-order valence-corrected chi connectivity index (χ1v) is 7.05. The number of sulfonamides is 1. The number of amidine groups is 1. The Bertz CT molecular complexity index is 552. The van der Waals surface area contributed by atoms with Gasteiger partial charge in [-0.05, 0) is 37.1 Å². The van der Waals surface area contributed by atoms with E-state index < -0.39 is 10.0 Å². The first kappa shape index (κ1) is 14.7. The molecule has 100 valence electrons. The van der Waals surface area contributed by atoms with Gasteiger partial charge in [0.25, 0.3) is 0 Å². The fourth-order valence-corrected chi connectivity index (χ4v) is 2.71. The Kier molecular flexibility index (Phi) is 4.48. The first-order valence-electron chi connectivity index (χ1n) is 5.61. The van der Waals surface area contributed by atoms with Crippen molar-refractivity contribution in [3.8, 4) is 0 Å². The second-order valence-electron chi connectivity index (χ2n) is 4.35. The van der Waals surface area contributed by atoms with Crippen molar-refractivity contribution in [3.63, 3.8) is 0 Å². The number of benzene rings is 1. The number of hydrogen-bond donors (Lipinski definition) is 2. The second-order valence-corrected chi connectivity index (χ2v) is 6.39. The molecule has 1 aromatic carbocycles. The van der Waals surface area contributed by atoms with Gasteiger partial charge in [-0.3, -0.25) is 5.41 Å². The van der Waals surface area contributed by atoms with E-state index >= 15 is 0 Å². The van der Waals surface area contributed by atoms with Crippen LogP contribution in [0, 0.1) is 19.3 Å².